The van der Waals surface area contributed by atoms with E-state index in [1.54, 1.807) is 0 Å². The van der Waals surface area contributed by atoms with Crippen molar-refractivity contribution >= 4 is 32.8 Å². The van der Waals surface area contributed by atoms with E-state index in [1.165, 1.54) is 62.7 Å². The molecule has 0 fully saturated rings. The maximum atomic E-state index is 6.82. The van der Waals surface area contributed by atoms with Gasteiger partial charge >= 0.3 is 320 Å². The zero-order chi connectivity index (χ0) is 47.1. The van der Waals surface area contributed by atoms with Crippen LogP contribution in [0.25, 0.3) is 72.3 Å². The van der Waals surface area contributed by atoms with Crippen molar-refractivity contribution in [3.63, 3.8) is 0 Å². The minimum atomic E-state index is -0.0731. The Morgan fingerprint density at radius 1 is 0.588 bits per heavy atom. The second-order valence-corrected chi connectivity index (χ2v) is 22.2. The summed E-state index contributed by atoms with van der Waals surface area (Å²) in [5, 5.41) is 2.36. The number of aromatic nitrogens is 4. The Labute approximate surface area is 411 Å². The Bertz CT molecular complexity index is 3570. The minimum absolute atomic E-state index is 0.0378. The van der Waals surface area contributed by atoms with E-state index in [-0.39, 0.29) is 16.2 Å². The fourth-order valence-electron chi connectivity index (χ4n) is 10.3. The number of fused-ring (bicyclic) bond motifs is 5. The molecule has 3 heterocycles. The summed E-state index contributed by atoms with van der Waals surface area (Å²) in [4.78, 5) is 5.01. The van der Waals surface area contributed by atoms with Gasteiger partial charge in [0.2, 0.25) is 0 Å². The van der Waals surface area contributed by atoms with Crippen LogP contribution in [-0.4, -0.2) is 18.7 Å². The molecule has 0 saturated heterocycles. The number of benzene rings is 7. The SMILES string of the molecule is CC(C)(C)c1ccnc(-n2c3[c-]c(Oc4[c-]c(-n5[c](=[Pt])n(-c6c(-c7ccccc7)cc(C(C)(C)C)cc6-c6ccccc6)c6ccccc65)ccc4)ccc3c3cc4c(cc32)C(C)(C)CCC4)c1. The van der Waals surface area contributed by atoms with Gasteiger partial charge in [0, 0.05) is 6.20 Å². The number of hydrogen-bond acceptors (Lipinski definition) is 2. The second kappa shape index (κ2) is 16.6. The molecule has 0 atom stereocenters. The molecule has 3 aromatic heterocycles. The second-order valence-electron chi connectivity index (χ2n) is 21.1. The molecule has 1 aliphatic carbocycles. The normalized spacial score (nSPS) is 13.9. The van der Waals surface area contributed by atoms with Crippen LogP contribution < -0.4 is 4.74 Å². The molecule has 7 aromatic carbocycles. The molecule has 0 N–H and O–H groups in total. The van der Waals surface area contributed by atoms with Gasteiger partial charge in [0.05, 0.1) is 0 Å². The number of imidazole rings is 1. The van der Waals surface area contributed by atoms with E-state index in [1.807, 2.05) is 12.3 Å². The average Bonchev–Trinajstić information content (AvgIpc) is 3.80. The van der Waals surface area contributed by atoms with Crippen molar-refractivity contribution in [1.82, 2.24) is 18.7 Å². The predicted octanol–water partition coefficient (Wildman–Crippen LogP) is 15.9. The van der Waals surface area contributed by atoms with Gasteiger partial charge in [0.25, 0.3) is 0 Å². The summed E-state index contributed by atoms with van der Waals surface area (Å²) >= 11 is 2.51. The number of para-hydroxylation sites is 2. The summed E-state index contributed by atoms with van der Waals surface area (Å²) in [6.45, 7) is 18.4. The fourth-order valence-corrected chi connectivity index (χ4v) is 11.4. The minimum Gasteiger partial charge on any atom is -0.0558 e. The Hall–Kier alpha value is -6.55. The zero-order valence-corrected chi connectivity index (χ0v) is 42.4. The first-order valence-electron chi connectivity index (χ1n) is 23.8. The molecule has 0 unspecified atom stereocenters. The van der Waals surface area contributed by atoms with Crippen molar-refractivity contribution in [2.24, 2.45) is 0 Å². The first kappa shape index (κ1) is 44.0. The van der Waals surface area contributed by atoms with Gasteiger partial charge in [-0.05, 0) is 52.8 Å². The third-order valence-corrected chi connectivity index (χ3v) is 15.0. The third-order valence-electron chi connectivity index (χ3n) is 14.0. The number of aryl methyl sites for hydroxylation is 1. The van der Waals surface area contributed by atoms with Gasteiger partial charge in [-0.2, -0.15) is 0 Å². The number of nitrogens with zero attached hydrogens (tertiary/aromatic N) is 4. The summed E-state index contributed by atoms with van der Waals surface area (Å²) in [5.41, 5.74) is 16.3. The summed E-state index contributed by atoms with van der Waals surface area (Å²) < 4.78 is 14.9. The fraction of sp³-hybridized carbons (Fsp3) is 0.226. The van der Waals surface area contributed by atoms with Crippen molar-refractivity contribution in [3.8, 4) is 50.9 Å². The van der Waals surface area contributed by atoms with E-state index in [9.17, 15) is 0 Å². The van der Waals surface area contributed by atoms with Gasteiger partial charge in [-0.3, -0.25) is 0 Å². The van der Waals surface area contributed by atoms with Gasteiger partial charge in [0.15, 0.2) is 0 Å². The average molecular weight is 1070 g/mol. The molecule has 68 heavy (non-hydrogen) atoms. The molecule has 0 spiro atoms. The van der Waals surface area contributed by atoms with Crippen molar-refractivity contribution in [3.05, 3.63) is 196 Å². The molecular weight excluding hydrogens is 1010 g/mol. The van der Waals surface area contributed by atoms with E-state index >= 15 is 0 Å². The Balaban J connectivity index is 1.07. The molecule has 5 nitrogen and oxygen atoms in total. The van der Waals surface area contributed by atoms with Crippen LogP contribution in [0.5, 0.6) is 11.5 Å². The van der Waals surface area contributed by atoms with Gasteiger partial charge < -0.3 is 0 Å². The standard InChI is InChI=1S/C62H56N4O.Pt/c1-60(2,3)44-30-32-63-58(36-44)66-56-38-48(28-29-49(56)52-33-43-23-18-31-62(7,8)53(43)39-57(52)66)67-47-25-17-24-46(37-47)64-40-65(55-27-16-15-26-54(55)64)59-50(41-19-11-9-12-20-41)34-45(61(4,5)6)35-51(59)42-21-13-10-14-22-42;/h9-17,19-22,24-30,32-36,39H,18,23,31H2,1-8H3;/q-2;. The van der Waals surface area contributed by atoms with E-state index < -0.39 is 0 Å². The summed E-state index contributed by atoms with van der Waals surface area (Å²) in [7, 11) is 0. The maximum absolute atomic E-state index is 6.82. The molecule has 6 heteroatoms. The number of hydrogen-bond donors (Lipinski definition) is 0. The first-order valence-corrected chi connectivity index (χ1v) is 25.0. The smallest absolute Gasteiger partial charge is 0.0558 e. The molecule has 0 aliphatic heterocycles. The van der Waals surface area contributed by atoms with Gasteiger partial charge in [-0.25, -0.2) is 0 Å². The van der Waals surface area contributed by atoms with E-state index in [0.29, 0.717) is 11.5 Å². The van der Waals surface area contributed by atoms with Crippen molar-refractivity contribution < 1.29 is 24.1 Å². The van der Waals surface area contributed by atoms with E-state index in [4.69, 9.17) is 9.72 Å². The summed E-state index contributed by atoms with van der Waals surface area (Å²) in [6.07, 6.45) is 5.41. The molecule has 11 rings (SSSR count). The van der Waals surface area contributed by atoms with E-state index in [2.05, 4.69) is 246 Å². The van der Waals surface area contributed by atoms with Crippen LogP contribution in [0.1, 0.15) is 90.5 Å². The molecular formula is C62H56N4OPt-2. The van der Waals surface area contributed by atoms with Crippen LogP contribution in [0.15, 0.2) is 158 Å². The monoisotopic (exact) mass is 1070 g/mol. The molecule has 1 aliphatic rings. The number of ether oxygens (including phenoxy) is 1. The van der Waals surface area contributed by atoms with Crippen molar-refractivity contribution in [2.75, 3.05) is 0 Å². The first-order chi connectivity index (χ1) is 32.6. The summed E-state index contributed by atoms with van der Waals surface area (Å²) in [6, 6.07) is 62.2. The number of pyridine rings is 1. The van der Waals surface area contributed by atoms with Gasteiger partial charge in [0.1, 0.15) is 0 Å². The molecule has 10 aromatic rings. The molecule has 0 bridgehead atoms. The molecule has 0 saturated carbocycles. The topological polar surface area (TPSA) is 36.9 Å². The van der Waals surface area contributed by atoms with Crippen LogP contribution >= 0.6 is 0 Å². The van der Waals surface area contributed by atoms with E-state index in [0.717, 1.165) is 54.9 Å². The molecule has 342 valence electrons. The predicted molar refractivity (Wildman–Crippen MR) is 276 cm³/mol. The number of rotatable bonds is 7. The summed E-state index contributed by atoms with van der Waals surface area (Å²) in [5.74, 6) is 2.11. The Morgan fingerprint density at radius 3 is 1.88 bits per heavy atom. The van der Waals surface area contributed by atoms with Crippen LogP contribution in [0, 0.1) is 15.9 Å². The quantitative estimate of drug-likeness (QED) is 0.149. The Kier molecular flexibility index (Phi) is 10.7. The zero-order valence-electron chi connectivity index (χ0n) is 40.1. The van der Waals surface area contributed by atoms with Crippen molar-refractivity contribution in [1.29, 1.82) is 0 Å². The molecule has 0 radical (unpaired) electrons. The van der Waals surface area contributed by atoms with Crippen LogP contribution in [0.2, 0.25) is 0 Å². The van der Waals surface area contributed by atoms with Crippen LogP contribution in [0.3, 0.4) is 0 Å². The Morgan fingerprint density at radius 2 is 1.22 bits per heavy atom. The van der Waals surface area contributed by atoms with Gasteiger partial charge in [-0.15, -0.1) is 0 Å². The van der Waals surface area contributed by atoms with Crippen LogP contribution in [0.4, 0.5) is 0 Å². The van der Waals surface area contributed by atoms with Crippen molar-refractivity contribution in [2.45, 2.75) is 90.9 Å². The molecule has 0 amide bonds. The van der Waals surface area contributed by atoms with Gasteiger partial charge in [-0.1, -0.05) is 34.6 Å². The van der Waals surface area contributed by atoms with Crippen LogP contribution in [-0.2, 0) is 42.0 Å². The third kappa shape index (κ3) is 7.70.